The van der Waals surface area contributed by atoms with E-state index < -0.39 is 0 Å². The number of hydrogen-bond donors (Lipinski definition) is 1. The first-order valence-electron chi connectivity index (χ1n) is 9.44. The SMILES string of the molecule is COc1ccc(C)c2sc(N(CC[NH+](C)C)C(=O)c3ccc(C)c(C)c3)nc12. The normalized spacial score (nSPS) is 11.2. The molecule has 3 aromatic rings. The van der Waals surface area contributed by atoms with Crippen molar-refractivity contribution in [3.63, 3.8) is 0 Å². The van der Waals surface area contributed by atoms with Crippen LogP contribution in [-0.2, 0) is 0 Å². The van der Waals surface area contributed by atoms with E-state index in [9.17, 15) is 4.79 Å². The van der Waals surface area contributed by atoms with Gasteiger partial charge in [-0.2, -0.15) is 0 Å². The first-order chi connectivity index (χ1) is 13.3. The number of ether oxygens (including phenoxy) is 1. The van der Waals surface area contributed by atoms with E-state index in [4.69, 9.17) is 9.72 Å². The summed E-state index contributed by atoms with van der Waals surface area (Å²) < 4.78 is 6.54. The standard InChI is InChI=1S/C22H27N3O2S/c1-14-7-9-17(13-16(14)3)21(26)25(12-11-24(4)5)22-23-19-18(27-6)10-8-15(2)20(19)28-22/h7-10,13H,11-12H2,1-6H3/p+1. The lowest BCUT2D eigenvalue weighted by Gasteiger charge is -2.21. The lowest BCUT2D eigenvalue weighted by molar-refractivity contribution is -0.856. The summed E-state index contributed by atoms with van der Waals surface area (Å²) in [6.45, 7) is 7.59. The molecule has 1 aromatic heterocycles. The first-order valence-corrected chi connectivity index (χ1v) is 10.3. The third-order valence-electron chi connectivity index (χ3n) is 4.98. The molecule has 5 nitrogen and oxygen atoms in total. The summed E-state index contributed by atoms with van der Waals surface area (Å²) in [5.74, 6) is 0.722. The number of rotatable bonds is 6. The van der Waals surface area contributed by atoms with Crippen molar-refractivity contribution in [3.8, 4) is 5.75 Å². The molecule has 0 bridgehead atoms. The van der Waals surface area contributed by atoms with E-state index in [-0.39, 0.29) is 5.91 Å². The highest BCUT2D eigenvalue weighted by Crippen LogP contribution is 2.36. The van der Waals surface area contributed by atoms with E-state index in [1.54, 1.807) is 23.3 Å². The largest absolute Gasteiger partial charge is 0.494 e. The van der Waals surface area contributed by atoms with Crippen molar-refractivity contribution in [2.24, 2.45) is 0 Å². The molecule has 148 valence electrons. The van der Waals surface area contributed by atoms with Crippen LogP contribution in [0.2, 0.25) is 0 Å². The predicted molar refractivity (Wildman–Crippen MR) is 116 cm³/mol. The maximum absolute atomic E-state index is 13.4. The molecule has 0 radical (unpaired) electrons. The van der Waals surface area contributed by atoms with E-state index in [1.165, 1.54) is 10.5 Å². The summed E-state index contributed by atoms with van der Waals surface area (Å²) >= 11 is 1.55. The molecule has 1 amide bonds. The maximum Gasteiger partial charge on any atom is 0.260 e. The molecule has 0 atom stereocenters. The second kappa shape index (κ2) is 8.29. The molecule has 1 heterocycles. The highest BCUT2D eigenvalue weighted by Gasteiger charge is 2.23. The minimum atomic E-state index is -0.0139. The number of quaternary nitrogens is 1. The minimum Gasteiger partial charge on any atom is -0.494 e. The topological polar surface area (TPSA) is 46.9 Å². The van der Waals surface area contributed by atoms with E-state index >= 15 is 0 Å². The summed E-state index contributed by atoms with van der Waals surface area (Å²) in [6.07, 6.45) is 0. The summed E-state index contributed by atoms with van der Waals surface area (Å²) in [6, 6.07) is 9.83. The number of carbonyl (C=O) groups excluding carboxylic acids is 1. The smallest absolute Gasteiger partial charge is 0.260 e. The molecule has 0 aliphatic carbocycles. The number of nitrogens with zero attached hydrogens (tertiary/aromatic N) is 2. The number of carbonyl (C=O) groups is 1. The zero-order valence-corrected chi connectivity index (χ0v) is 18.2. The zero-order valence-electron chi connectivity index (χ0n) is 17.4. The number of methoxy groups -OCH3 is 1. The predicted octanol–water partition coefficient (Wildman–Crippen LogP) is 3.02. The fraction of sp³-hybridized carbons (Fsp3) is 0.364. The highest BCUT2D eigenvalue weighted by molar-refractivity contribution is 7.22. The molecule has 0 aliphatic rings. The molecule has 0 aliphatic heterocycles. The molecule has 0 saturated carbocycles. The van der Waals surface area contributed by atoms with Crippen molar-refractivity contribution in [1.29, 1.82) is 0 Å². The molecule has 28 heavy (non-hydrogen) atoms. The molecule has 1 N–H and O–H groups in total. The van der Waals surface area contributed by atoms with Gasteiger partial charge in [0.15, 0.2) is 5.13 Å². The molecule has 0 saturated heterocycles. The van der Waals surface area contributed by atoms with Crippen LogP contribution in [0.15, 0.2) is 30.3 Å². The van der Waals surface area contributed by atoms with E-state index in [1.807, 2.05) is 37.3 Å². The van der Waals surface area contributed by atoms with Gasteiger partial charge in [-0.05, 0) is 55.7 Å². The molecule has 0 unspecified atom stereocenters. The highest BCUT2D eigenvalue weighted by atomic mass is 32.1. The van der Waals surface area contributed by atoms with Gasteiger partial charge in [0.25, 0.3) is 5.91 Å². The van der Waals surface area contributed by atoms with Crippen molar-refractivity contribution in [2.45, 2.75) is 20.8 Å². The number of thiazole rings is 1. The van der Waals surface area contributed by atoms with Crippen LogP contribution in [0.4, 0.5) is 5.13 Å². The summed E-state index contributed by atoms with van der Waals surface area (Å²) in [5.41, 5.74) is 4.95. The Hall–Kier alpha value is -2.44. The van der Waals surface area contributed by atoms with Gasteiger partial charge in [0, 0.05) is 5.56 Å². The van der Waals surface area contributed by atoms with Crippen molar-refractivity contribution in [2.75, 3.05) is 39.2 Å². The minimum absolute atomic E-state index is 0.0139. The van der Waals surface area contributed by atoms with Crippen LogP contribution in [-0.4, -0.2) is 45.2 Å². The third-order valence-corrected chi connectivity index (χ3v) is 6.19. The van der Waals surface area contributed by atoms with Crippen LogP contribution in [0.1, 0.15) is 27.0 Å². The zero-order chi connectivity index (χ0) is 20.4. The Morgan fingerprint density at radius 3 is 2.46 bits per heavy atom. The molecule has 6 heteroatoms. The van der Waals surface area contributed by atoms with E-state index in [2.05, 4.69) is 27.9 Å². The van der Waals surface area contributed by atoms with Crippen LogP contribution in [0.25, 0.3) is 10.2 Å². The van der Waals surface area contributed by atoms with Gasteiger partial charge in [0.1, 0.15) is 11.3 Å². The fourth-order valence-corrected chi connectivity index (χ4v) is 4.10. The Labute approximate surface area is 170 Å². The van der Waals surface area contributed by atoms with Gasteiger partial charge in [-0.1, -0.05) is 23.5 Å². The molecule has 0 fully saturated rings. The Kier molecular flexibility index (Phi) is 6.01. The van der Waals surface area contributed by atoms with Crippen molar-refractivity contribution in [3.05, 3.63) is 52.6 Å². The Bertz CT molecular complexity index is 1010. The Balaban J connectivity index is 2.06. The molecule has 0 spiro atoms. The average molecular weight is 399 g/mol. The third kappa shape index (κ3) is 4.03. The summed E-state index contributed by atoms with van der Waals surface area (Å²) in [5, 5.41) is 0.715. The second-order valence-electron chi connectivity index (χ2n) is 7.47. The molecular weight excluding hydrogens is 370 g/mol. The van der Waals surface area contributed by atoms with Crippen LogP contribution in [0.5, 0.6) is 5.75 Å². The summed E-state index contributed by atoms with van der Waals surface area (Å²) in [7, 11) is 5.82. The Morgan fingerprint density at radius 2 is 1.82 bits per heavy atom. The average Bonchev–Trinajstić information content (AvgIpc) is 3.10. The maximum atomic E-state index is 13.4. The lowest BCUT2D eigenvalue weighted by atomic mass is 10.1. The van der Waals surface area contributed by atoms with Gasteiger partial charge >= 0.3 is 0 Å². The van der Waals surface area contributed by atoms with Crippen LogP contribution >= 0.6 is 11.3 Å². The summed E-state index contributed by atoms with van der Waals surface area (Å²) in [4.78, 5) is 21.3. The van der Waals surface area contributed by atoms with Gasteiger partial charge in [-0.25, -0.2) is 4.98 Å². The van der Waals surface area contributed by atoms with Crippen molar-refractivity contribution in [1.82, 2.24) is 4.98 Å². The number of amides is 1. The van der Waals surface area contributed by atoms with Crippen molar-refractivity contribution < 1.29 is 14.4 Å². The van der Waals surface area contributed by atoms with Crippen molar-refractivity contribution >= 4 is 32.6 Å². The number of fused-ring (bicyclic) bond motifs is 1. The number of aryl methyl sites for hydroxylation is 3. The Morgan fingerprint density at radius 1 is 1.11 bits per heavy atom. The quantitative estimate of drug-likeness (QED) is 0.694. The fourth-order valence-electron chi connectivity index (χ4n) is 3.03. The lowest BCUT2D eigenvalue weighted by Crippen LogP contribution is -3.06. The number of aromatic nitrogens is 1. The van der Waals surface area contributed by atoms with Gasteiger partial charge in [0.05, 0.1) is 39.0 Å². The van der Waals surface area contributed by atoms with Gasteiger partial charge in [-0.15, -0.1) is 0 Å². The number of hydrogen-bond acceptors (Lipinski definition) is 4. The van der Waals surface area contributed by atoms with E-state index in [0.717, 1.165) is 33.6 Å². The number of anilines is 1. The van der Waals surface area contributed by atoms with Gasteiger partial charge in [0.2, 0.25) is 0 Å². The first kappa shape index (κ1) is 20.3. The van der Waals surface area contributed by atoms with Gasteiger partial charge in [-0.3, -0.25) is 9.69 Å². The molecular formula is C22H28N3O2S+. The van der Waals surface area contributed by atoms with Gasteiger partial charge < -0.3 is 9.64 Å². The molecule has 3 rings (SSSR count). The monoisotopic (exact) mass is 398 g/mol. The number of likely N-dealkylation sites (N-methyl/N-ethyl adjacent to an activating group) is 1. The van der Waals surface area contributed by atoms with Crippen LogP contribution in [0, 0.1) is 20.8 Å². The second-order valence-corrected chi connectivity index (χ2v) is 8.45. The van der Waals surface area contributed by atoms with Crippen LogP contribution < -0.4 is 14.5 Å². The van der Waals surface area contributed by atoms with Crippen LogP contribution in [0.3, 0.4) is 0 Å². The number of nitrogens with one attached hydrogen (secondary N) is 1. The van der Waals surface area contributed by atoms with E-state index in [0.29, 0.717) is 17.2 Å². The molecule has 2 aromatic carbocycles. The number of benzene rings is 2.